The second-order valence-corrected chi connectivity index (χ2v) is 7.38. The molecular formula is C22H27FN2O. The molecule has 4 heteroatoms. The number of nitrogens with zero attached hydrogens (tertiary/aromatic N) is 1. The third-order valence-corrected chi connectivity index (χ3v) is 5.07. The average Bonchev–Trinajstić information content (AvgIpc) is 2.64. The molecule has 26 heavy (non-hydrogen) atoms. The number of benzene rings is 2. The average molecular weight is 354 g/mol. The lowest BCUT2D eigenvalue weighted by atomic mass is 9.99. The standard InChI is InChI=1S/C22H27FN2O/c1-16-4-3-13-25(15-16)21-11-7-19(8-12-21)17(2)24-22(26)14-18-5-9-20(23)10-6-18/h5-12,16-17H,3-4,13-15H2,1-2H3,(H,24,26). The third kappa shape index (κ3) is 4.84. The highest BCUT2D eigenvalue weighted by molar-refractivity contribution is 5.79. The van der Waals surface area contributed by atoms with Crippen LogP contribution in [0, 0.1) is 11.7 Å². The smallest absolute Gasteiger partial charge is 0.224 e. The summed E-state index contributed by atoms with van der Waals surface area (Å²) in [5.74, 6) is 0.400. The van der Waals surface area contributed by atoms with Crippen molar-refractivity contribution in [3.8, 4) is 0 Å². The van der Waals surface area contributed by atoms with Crippen LogP contribution < -0.4 is 10.2 Å². The Hall–Kier alpha value is -2.36. The normalized spacial score (nSPS) is 18.4. The molecule has 1 fully saturated rings. The van der Waals surface area contributed by atoms with Gasteiger partial charge in [0.2, 0.25) is 5.91 Å². The van der Waals surface area contributed by atoms with Crippen LogP contribution in [0.25, 0.3) is 0 Å². The van der Waals surface area contributed by atoms with Gasteiger partial charge in [0.15, 0.2) is 0 Å². The zero-order valence-corrected chi connectivity index (χ0v) is 15.5. The van der Waals surface area contributed by atoms with Crippen molar-refractivity contribution >= 4 is 11.6 Å². The number of hydrogen-bond acceptors (Lipinski definition) is 2. The first-order valence-electron chi connectivity index (χ1n) is 9.40. The zero-order valence-electron chi connectivity index (χ0n) is 15.5. The number of hydrogen-bond donors (Lipinski definition) is 1. The fourth-order valence-electron chi connectivity index (χ4n) is 3.56. The van der Waals surface area contributed by atoms with Gasteiger partial charge in [-0.2, -0.15) is 0 Å². The lowest BCUT2D eigenvalue weighted by Crippen LogP contribution is -2.34. The molecule has 0 bridgehead atoms. The largest absolute Gasteiger partial charge is 0.371 e. The molecule has 2 aromatic rings. The number of anilines is 1. The number of amides is 1. The SMILES string of the molecule is CC1CCCN(c2ccc(C(C)NC(=O)Cc3ccc(F)cc3)cc2)C1. The molecule has 1 N–H and O–H groups in total. The van der Waals surface area contributed by atoms with Crippen molar-refractivity contribution in [3.05, 3.63) is 65.5 Å². The van der Waals surface area contributed by atoms with Crippen molar-refractivity contribution in [3.63, 3.8) is 0 Å². The molecule has 138 valence electrons. The van der Waals surface area contributed by atoms with Gasteiger partial charge in [-0.3, -0.25) is 4.79 Å². The number of nitrogens with one attached hydrogen (secondary N) is 1. The summed E-state index contributed by atoms with van der Waals surface area (Å²) in [7, 11) is 0. The van der Waals surface area contributed by atoms with Crippen LogP contribution in [0.3, 0.4) is 0 Å². The van der Waals surface area contributed by atoms with Crippen LogP contribution in [0.4, 0.5) is 10.1 Å². The minimum atomic E-state index is -0.286. The van der Waals surface area contributed by atoms with Gasteiger partial charge in [0.05, 0.1) is 12.5 Å². The Morgan fingerprint density at radius 2 is 1.88 bits per heavy atom. The molecule has 2 unspecified atom stereocenters. The van der Waals surface area contributed by atoms with Crippen molar-refractivity contribution in [1.82, 2.24) is 5.32 Å². The van der Waals surface area contributed by atoms with Gasteiger partial charge < -0.3 is 10.2 Å². The summed E-state index contributed by atoms with van der Waals surface area (Å²) in [5, 5.41) is 3.02. The number of piperidine rings is 1. The quantitative estimate of drug-likeness (QED) is 0.858. The fraction of sp³-hybridized carbons (Fsp3) is 0.409. The van der Waals surface area contributed by atoms with Gasteiger partial charge in [-0.25, -0.2) is 4.39 Å². The molecule has 2 atom stereocenters. The van der Waals surface area contributed by atoms with E-state index in [1.165, 1.54) is 30.7 Å². The Morgan fingerprint density at radius 3 is 2.54 bits per heavy atom. The van der Waals surface area contributed by atoms with Gasteiger partial charge in [0.25, 0.3) is 0 Å². The van der Waals surface area contributed by atoms with E-state index in [4.69, 9.17) is 0 Å². The number of carbonyl (C=O) groups excluding carboxylic acids is 1. The lowest BCUT2D eigenvalue weighted by molar-refractivity contribution is -0.121. The summed E-state index contributed by atoms with van der Waals surface area (Å²) in [4.78, 5) is 14.7. The summed E-state index contributed by atoms with van der Waals surface area (Å²) in [6.07, 6.45) is 2.82. The zero-order chi connectivity index (χ0) is 18.5. The summed E-state index contributed by atoms with van der Waals surface area (Å²) >= 11 is 0. The van der Waals surface area contributed by atoms with E-state index in [0.29, 0.717) is 0 Å². The molecule has 1 heterocycles. The van der Waals surface area contributed by atoms with E-state index >= 15 is 0 Å². The van der Waals surface area contributed by atoms with Gasteiger partial charge in [0.1, 0.15) is 5.82 Å². The molecule has 1 aliphatic heterocycles. The summed E-state index contributed by atoms with van der Waals surface area (Å²) in [5.41, 5.74) is 3.15. The van der Waals surface area contributed by atoms with Gasteiger partial charge in [-0.05, 0) is 61.1 Å². The van der Waals surface area contributed by atoms with Gasteiger partial charge in [-0.15, -0.1) is 0 Å². The van der Waals surface area contributed by atoms with E-state index in [1.807, 2.05) is 6.92 Å². The van der Waals surface area contributed by atoms with E-state index < -0.39 is 0 Å². The first-order valence-corrected chi connectivity index (χ1v) is 9.40. The predicted molar refractivity (Wildman–Crippen MR) is 104 cm³/mol. The highest BCUT2D eigenvalue weighted by Gasteiger charge is 2.17. The van der Waals surface area contributed by atoms with Crippen LogP contribution in [0.15, 0.2) is 48.5 Å². The number of halogens is 1. The van der Waals surface area contributed by atoms with Crippen molar-refractivity contribution in [2.45, 2.75) is 39.2 Å². The Kier molecular flexibility index (Phi) is 5.92. The number of carbonyl (C=O) groups is 1. The van der Waals surface area contributed by atoms with E-state index in [9.17, 15) is 9.18 Å². The highest BCUT2D eigenvalue weighted by Crippen LogP contribution is 2.24. The Bertz CT molecular complexity index is 727. The van der Waals surface area contributed by atoms with E-state index in [2.05, 4.69) is 41.4 Å². The van der Waals surface area contributed by atoms with Crippen LogP contribution in [0.1, 0.15) is 43.9 Å². The maximum Gasteiger partial charge on any atom is 0.224 e. The predicted octanol–water partition coefficient (Wildman–Crippen LogP) is 4.48. The summed E-state index contributed by atoms with van der Waals surface area (Å²) < 4.78 is 12.9. The molecule has 0 spiro atoms. The third-order valence-electron chi connectivity index (χ3n) is 5.07. The highest BCUT2D eigenvalue weighted by atomic mass is 19.1. The van der Waals surface area contributed by atoms with Crippen molar-refractivity contribution in [2.75, 3.05) is 18.0 Å². The van der Waals surface area contributed by atoms with Crippen molar-refractivity contribution < 1.29 is 9.18 Å². The van der Waals surface area contributed by atoms with Crippen LogP contribution in [-0.4, -0.2) is 19.0 Å². The second-order valence-electron chi connectivity index (χ2n) is 7.38. The van der Waals surface area contributed by atoms with E-state index in [-0.39, 0.29) is 24.2 Å². The minimum Gasteiger partial charge on any atom is -0.371 e. The topological polar surface area (TPSA) is 32.3 Å². The molecule has 2 aromatic carbocycles. The maximum atomic E-state index is 12.9. The lowest BCUT2D eigenvalue weighted by Gasteiger charge is -2.33. The molecule has 0 radical (unpaired) electrons. The molecule has 0 aromatic heterocycles. The Labute approximate surface area is 155 Å². The molecule has 1 saturated heterocycles. The summed E-state index contributed by atoms with van der Waals surface area (Å²) in [6, 6.07) is 14.5. The molecular weight excluding hydrogens is 327 g/mol. The fourth-order valence-corrected chi connectivity index (χ4v) is 3.56. The Morgan fingerprint density at radius 1 is 1.19 bits per heavy atom. The van der Waals surface area contributed by atoms with Crippen LogP contribution in [0.5, 0.6) is 0 Å². The van der Waals surface area contributed by atoms with E-state index in [1.54, 1.807) is 12.1 Å². The molecule has 0 aliphatic carbocycles. The molecule has 1 aliphatic rings. The molecule has 1 amide bonds. The molecule has 3 nitrogen and oxygen atoms in total. The second kappa shape index (κ2) is 8.35. The minimum absolute atomic E-state index is 0.0574. The maximum absolute atomic E-state index is 12.9. The van der Waals surface area contributed by atoms with Gasteiger partial charge >= 0.3 is 0 Å². The van der Waals surface area contributed by atoms with Crippen molar-refractivity contribution in [2.24, 2.45) is 5.92 Å². The molecule has 3 rings (SSSR count). The van der Waals surface area contributed by atoms with Crippen molar-refractivity contribution in [1.29, 1.82) is 0 Å². The van der Waals surface area contributed by atoms with Gasteiger partial charge in [0, 0.05) is 18.8 Å². The van der Waals surface area contributed by atoms with Crippen LogP contribution in [0.2, 0.25) is 0 Å². The first-order chi connectivity index (χ1) is 12.5. The molecule has 0 saturated carbocycles. The first kappa shape index (κ1) is 18.4. The Balaban J connectivity index is 1.56. The van der Waals surface area contributed by atoms with Crippen LogP contribution >= 0.6 is 0 Å². The van der Waals surface area contributed by atoms with Gasteiger partial charge in [-0.1, -0.05) is 31.2 Å². The summed E-state index contributed by atoms with van der Waals surface area (Å²) in [6.45, 7) is 6.52. The monoisotopic (exact) mass is 354 g/mol. The van der Waals surface area contributed by atoms with Crippen LogP contribution in [-0.2, 0) is 11.2 Å². The number of rotatable bonds is 5. The van der Waals surface area contributed by atoms with E-state index in [0.717, 1.165) is 30.1 Å².